The van der Waals surface area contributed by atoms with E-state index in [0.29, 0.717) is 0 Å². The molecular formula is C21H25NO4. The van der Waals surface area contributed by atoms with Crippen LogP contribution in [0.1, 0.15) is 44.2 Å². The van der Waals surface area contributed by atoms with Gasteiger partial charge in [-0.2, -0.15) is 0 Å². The van der Waals surface area contributed by atoms with Crippen LogP contribution in [0.5, 0.6) is 0 Å². The van der Waals surface area contributed by atoms with Crippen LogP contribution in [0, 0.1) is 0 Å². The van der Waals surface area contributed by atoms with E-state index in [0.717, 1.165) is 11.1 Å². The molecule has 0 aromatic heterocycles. The molecule has 0 unspecified atom stereocenters. The highest BCUT2D eigenvalue weighted by molar-refractivity contribution is 5.80. The molecule has 2 aromatic rings. The summed E-state index contributed by atoms with van der Waals surface area (Å²) in [5, 5.41) is 12.1. The second-order valence-corrected chi connectivity index (χ2v) is 7.15. The minimum Gasteiger partial charge on any atom is -0.480 e. The van der Waals surface area contributed by atoms with Gasteiger partial charge in [0.1, 0.15) is 11.6 Å². The van der Waals surface area contributed by atoms with Crippen LogP contribution >= 0.6 is 0 Å². The number of aliphatic carboxylic acids is 1. The molecule has 26 heavy (non-hydrogen) atoms. The highest BCUT2D eigenvalue weighted by atomic mass is 16.6. The summed E-state index contributed by atoms with van der Waals surface area (Å²) >= 11 is 0. The van der Waals surface area contributed by atoms with Gasteiger partial charge in [0.25, 0.3) is 0 Å². The Labute approximate surface area is 154 Å². The first-order chi connectivity index (χ1) is 12.3. The zero-order valence-electron chi connectivity index (χ0n) is 15.3. The number of hydrogen-bond donors (Lipinski definition) is 2. The van der Waals surface area contributed by atoms with Crippen molar-refractivity contribution < 1.29 is 19.4 Å². The molecule has 0 saturated carbocycles. The third-order valence-corrected chi connectivity index (χ3v) is 3.86. The summed E-state index contributed by atoms with van der Waals surface area (Å²) < 4.78 is 5.20. The summed E-state index contributed by atoms with van der Waals surface area (Å²) in [6, 6.07) is 18.3. The van der Waals surface area contributed by atoms with Gasteiger partial charge in [-0.1, -0.05) is 60.7 Å². The Kier molecular flexibility index (Phi) is 6.39. The van der Waals surface area contributed by atoms with Gasteiger partial charge in [0, 0.05) is 5.92 Å². The Morgan fingerprint density at radius 2 is 1.42 bits per heavy atom. The standard InChI is InChI=1S/C21H25NO4/c1-21(2,3)26-20(25)22-18(19(23)24)14-17(15-10-6-4-7-11-15)16-12-8-5-9-13-16/h4-13,17-18H,14H2,1-3H3,(H,22,25)(H,23,24)/t18-/m1/s1. The zero-order chi connectivity index (χ0) is 19.2. The van der Waals surface area contributed by atoms with Crippen LogP contribution in [0.2, 0.25) is 0 Å². The van der Waals surface area contributed by atoms with Crippen molar-refractivity contribution in [2.24, 2.45) is 0 Å². The molecule has 0 saturated heterocycles. The molecule has 0 spiro atoms. The monoisotopic (exact) mass is 355 g/mol. The van der Waals surface area contributed by atoms with Crippen molar-refractivity contribution in [2.75, 3.05) is 0 Å². The summed E-state index contributed by atoms with van der Waals surface area (Å²) in [7, 11) is 0. The SMILES string of the molecule is CC(C)(C)OC(=O)N[C@H](CC(c1ccccc1)c1ccccc1)C(=O)O. The van der Waals surface area contributed by atoms with E-state index in [9.17, 15) is 14.7 Å². The molecule has 2 rings (SSSR count). The van der Waals surface area contributed by atoms with Crippen molar-refractivity contribution in [3.05, 3.63) is 71.8 Å². The molecule has 0 radical (unpaired) electrons. The van der Waals surface area contributed by atoms with Gasteiger partial charge in [-0.15, -0.1) is 0 Å². The van der Waals surface area contributed by atoms with Gasteiger partial charge in [-0.05, 0) is 38.3 Å². The smallest absolute Gasteiger partial charge is 0.408 e. The number of carboxylic acid groups (broad SMARTS) is 1. The number of benzene rings is 2. The third-order valence-electron chi connectivity index (χ3n) is 3.86. The van der Waals surface area contributed by atoms with Gasteiger partial charge in [-0.3, -0.25) is 0 Å². The minimum absolute atomic E-state index is 0.159. The predicted octanol–water partition coefficient (Wildman–Crippen LogP) is 4.19. The van der Waals surface area contributed by atoms with E-state index < -0.39 is 23.7 Å². The van der Waals surface area contributed by atoms with Gasteiger partial charge in [0.2, 0.25) is 0 Å². The van der Waals surface area contributed by atoms with E-state index in [1.165, 1.54) is 0 Å². The number of carbonyl (C=O) groups is 2. The quantitative estimate of drug-likeness (QED) is 0.815. The summed E-state index contributed by atoms with van der Waals surface area (Å²) in [5.74, 6) is -1.25. The van der Waals surface area contributed by atoms with Crippen molar-refractivity contribution in [1.29, 1.82) is 0 Å². The Hall–Kier alpha value is -2.82. The van der Waals surface area contributed by atoms with Gasteiger partial charge in [0.05, 0.1) is 0 Å². The maximum atomic E-state index is 12.0. The second kappa shape index (κ2) is 8.52. The zero-order valence-corrected chi connectivity index (χ0v) is 15.3. The summed E-state index contributed by atoms with van der Waals surface area (Å²) in [6.07, 6.45) is -0.507. The highest BCUT2D eigenvalue weighted by Gasteiger charge is 2.28. The molecule has 0 aliphatic heterocycles. The number of nitrogens with one attached hydrogen (secondary N) is 1. The molecule has 5 nitrogen and oxygen atoms in total. The lowest BCUT2D eigenvalue weighted by Crippen LogP contribution is -2.44. The summed E-state index contributed by atoms with van der Waals surface area (Å²) in [5.41, 5.74) is 1.30. The van der Waals surface area contributed by atoms with E-state index in [2.05, 4.69) is 5.32 Å². The van der Waals surface area contributed by atoms with E-state index in [-0.39, 0.29) is 12.3 Å². The van der Waals surface area contributed by atoms with Gasteiger partial charge >= 0.3 is 12.1 Å². The van der Waals surface area contributed by atoms with Crippen molar-refractivity contribution in [2.45, 2.75) is 44.8 Å². The van der Waals surface area contributed by atoms with Crippen LogP contribution in [0.25, 0.3) is 0 Å². The average Bonchev–Trinajstić information content (AvgIpc) is 2.58. The highest BCUT2D eigenvalue weighted by Crippen LogP contribution is 2.29. The molecule has 138 valence electrons. The van der Waals surface area contributed by atoms with Crippen LogP contribution < -0.4 is 5.32 Å². The Balaban J connectivity index is 2.24. The van der Waals surface area contributed by atoms with E-state index in [1.807, 2.05) is 60.7 Å². The molecule has 0 aliphatic carbocycles. The first-order valence-electron chi connectivity index (χ1n) is 8.58. The van der Waals surface area contributed by atoms with Crippen molar-refractivity contribution in [1.82, 2.24) is 5.32 Å². The Morgan fingerprint density at radius 1 is 0.962 bits per heavy atom. The number of rotatable bonds is 6. The largest absolute Gasteiger partial charge is 0.480 e. The van der Waals surface area contributed by atoms with Crippen LogP contribution in [-0.4, -0.2) is 28.8 Å². The normalized spacial score (nSPS) is 12.5. The lowest BCUT2D eigenvalue weighted by Gasteiger charge is -2.25. The van der Waals surface area contributed by atoms with Crippen LogP contribution in [0.3, 0.4) is 0 Å². The van der Waals surface area contributed by atoms with Crippen molar-refractivity contribution in [3.63, 3.8) is 0 Å². The van der Waals surface area contributed by atoms with E-state index in [1.54, 1.807) is 20.8 Å². The molecule has 0 aliphatic rings. The van der Waals surface area contributed by atoms with E-state index >= 15 is 0 Å². The lowest BCUT2D eigenvalue weighted by molar-refractivity contribution is -0.139. The average molecular weight is 355 g/mol. The van der Waals surface area contributed by atoms with Gasteiger partial charge < -0.3 is 15.2 Å². The van der Waals surface area contributed by atoms with Crippen molar-refractivity contribution in [3.8, 4) is 0 Å². The van der Waals surface area contributed by atoms with Crippen LogP contribution in [-0.2, 0) is 9.53 Å². The van der Waals surface area contributed by atoms with Gasteiger partial charge in [-0.25, -0.2) is 9.59 Å². The maximum absolute atomic E-state index is 12.0. The predicted molar refractivity (Wildman–Crippen MR) is 100 cm³/mol. The molecule has 2 aromatic carbocycles. The van der Waals surface area contributed by atoms with Crippen molar-refractivity contribution >= 4 is 12.1 Å². The minimum atomic E-state index is -1.09. The Morgan fingerprint density at radius 3 is 1.81 bits per heavy atom. The molecular weight excluding hydrogens is 330 g/mol. The first kappa shape index (κ1) is 19.5. The topological polar surface area (TPSA) is 75.6 Å². The molecule has 1 atom stereocenters. The molecule has 0 heterocycles. The number of ether oxygens (including phenoxy) is 1. The molecule has 5 heteroatoms. The first-order valence-corrected chi connectivity index (χ1v) is 8.58. The third kappa shape index (κ3) is 5.92. The number of hydrogen-bond acceptors (Lipinski definition) is 3. The number of carboxylic acids is 1. The second-order valence-electron chi connectivity index (χ2n) is 7.15. The fourth-order valence-electron chi connectivity index (χ4n) is 2.74. The molecule has 0 bridgehead atoms. The van der Waals surface area contributed by atoms with E-state index in [4.69, 9.17) is 4.74 Å². The summed E-state index contributed by atoms with van der Waals surface area (Å²) in [6.45, 7) is 5.21. The molecule has 0 fully saturated rings. The fraction of sp³-hybridized carbons (Fsp3) is 0.333. The fourth-order valence-corrected chi connectivity index (χ4v) is 2.74. The Bertz CT molecular complexity index is 683. The number of amides is 1. The van der Waals surface area contributed by atoms with Gasteiger partial charge in [0.15, 0.2) is 0 Å². The lowest BCUT2D eigenvalue weighted by atomic mass is 9.86. The molecule has 2 N–H and O–H groups in total. The number of carbonyl (C=O) groups excluding carboxylic acids is 1. The van der Waals surface area contributed by atoms with Crippen LogP contribution in [0.4, 0.5) is 4.79 Å². The number of alkyl carbamates (subject to hydrolysis) is 1. The molecule has 1 amide bonds. The van der Waals surface area contributed by atoms with Crippen LogP contribution in [0.15, 0.2) is 60.7 Å². The summed E-state index contributed by atoms with van der Waals surface area (Å²) in [4.78, 5) is 23.8. The maximum Gasteiger partial charge on any atom is 0.408 e.